The number of carbonyl (C=O) groups is 1. The smallest absolute Gasteiger partial charge is 0.476 e. The van der Waals surface area contributed by atoms with Gasteiger partial charge in [-0.1, -0.05) is 11.6 Å². The number of carboxylic acids is 1. The standard InChI is InChI=1S/C16H8ClF4N3O3/c17-11-4-9(1-2-12(11)18)24-14(5-13(23-24)15(25)26)8-3-10(7-22-6-8)27-16(19,20)21/h1-7H,(H,25,26). The van der Waals surface area contributed by atoms with Crippen LogP contribution in [-0.4, -0.2) is 32.2 Å². The molecule has 0 spiro atoms. The minimum Gasteiger partial charge on any atom is -0.476 e. The molecule has 2 aromatic heterocycles. The highest BCUT2D eigenvalue weighted by Gasteiger charge is 2.31. The molecule has 0 fully saturated rings. The highest BCUT2D eigenvalue weighted by molar-refractivity contribution is 6.30. The van der Waals surface area contributed by atoms with Crippen molar-refractivity contribution in [3.05, 3.63) is 59.3 Å². The van der Waals surface area contributed by atoms with Gasteiger partial charge in [-0.25, -0.2) is 13.9 Å². The SMILES string of the molecule is O=C(O)c1cc(-c2cncc(OC(F)(F)F)c2)n(-c2ccc(F)c(Cl)c2)n1. The first-order chi connectivity index (χ1) is 12.6. The van der Waals surface area contributed by atoms with Crippen molar-refractivity contribution in [2.75, 3.05) is 0 Å². The molecule has 140 valence electrons. The molecule has 1 N–H and O–H groups in total. The molecule has 11 heteroatoms. The predicted molar refractivity (Wildman–Crippen MR) is 85.4 cm³/mol. The number of hydrogen-bond acceptors (Lipinski definition) is 4. The fraction of sp³-hybridized carbons (Fsp3) is 0.0625. The number of nitrogens with zero attached hydrogens (tertiary/aromatic N) is 3. The molecule has 1 aromatic carbocycles. The Bertz CT molecular complexity index is 1020. The number of carboxylic acid groups (broad SMARTS) is 1. The van der Waals surface area contributed by atoms with Crippen molar-refractivity contribution < 1.29 is 32.2 Å². The predicted octanol–water partition coefficient (Wildman–Crippen LogP) is 4.32. The third kappa shape index (κ3) is 4.17. The van der Waals surface area contributed by atoms with Crippen LogP contribution in [0.4, 0.5) is 17.6 Å². The Balaban J connectivity index is 2.13. The Kier molecular flexibility index (Phi) is 4.75. The monoisotopic (exact) mass is 401 g/mol. The summed E-state index contributed by atoms with van der Waals surface area (Å²) >= 11 is 5.74. The minimum absolute atomic E-state index is 0.0928. The van der Waals surface area contributed by atoms with Crippen molar-refractivity contribution in [2.45, 2.75) is 6.36 Å². The Labute approximate surface area is 153 Å². The fourth-order valence-electron chi connectivity index (χ4n) is 2.25. The van der Waals surface area contributed by atoms with Gasteiger partial charge in [-0.3, -0.25) is 4.98 Å². The maximum atomic E-state index is 13.4. The molecule has 0 aliphatic carbocycles. The number of rotatable bonds is 4. The number of ether oxygens (including phenoxy) is 1. The zero-order valence-corrected chi connectivity index (χ0v) is 13.8. The lowest BCUT2D eigenvalue weighted by atomic mass is 10.2. The summed E-state index contributed by atoms with van der Waals surface area (Å²) in [5.41, 5.74) is 0.00558. The van der Waals surface area contributed by atoms with Gasteiger partial charge in [0.1, 0.15) is 11.6 Å². The molecule has 0 amide bonds. The van der Waals surface area contributed by atoms with Crippen LogP contribution in [0.3, 0.4) is 0 Å². The lowest BCUT2D eigenvalue weighted by molar-refractivity contribution is -0.274. The molecule has 0 saturated carbocycles. The number of aromatic carboxylic acids is 1. The van der Waals surface area contributed by atoms with E-state index in [2.05, 4.69) is 14.8 Å². The van der Waals surface area contributed by atoms with Gasteiger partial charge in [-0.15, -0.1) is 13.2 Å². The fourth-order valence-corrected chi connectivity index (χ4v) is 2.43. The maximum Gasteiger partial charge on any atom is 0.573 e. The lowest BCUT2D eigenvalue weighted by Crippen LogP contribution is -2.17. The summed E-state index contributed by atoms with van der Waals surface area (Å²) in [6.45, 7) is 0. The molecule has 6 nitrogen and oxygen atoms in total. The first-order valence-electron chi connectivity index (χ1n) is 7.14. The largest absolute Gasteiger partial charge is 0.573 e. The van der Waals surface area contributed by atoms with Gasteiger partial charge in [0.2, 0.25) is 0 Å². The first kappa shape index (κ1) is 18.6. The van der Waals surface area contributed by atoms with Crippen LogP contribution in [0.25, 0.3) is 16.9 Å². The summed E-state index contributed by atoms with van der Waals surface area (Å²) < 4.78 is 55.6. The van der Waals surface area contributed by atoms with E-state index in [-0.39, 0.29) is 27.7 Å². The number of hydrogen-bond donors (Lipinski definition) is 1. The zero-order valence-electron chi connectivity index (χ0n) is 13.0. The maximum absolute atomic E-state index is 13.4. The van der Waals surface area contributed by atoms with Gasteiger partial charge in [0.15, 0.2) is 5.69 Å². The van der Waals surface area contributed by atoms with Crippen molar-refractivity contribution in [2.24, 2.45) is 0 Å². The molecule has 0 atom stereocenters. The zero-order chi connectivity index (χ0) is 19.8. The minimum atomic E-state index is -4.92. The first-order valence-corrected chi connectivity index (χ1v) is 7.52. The van der Waals surface area contributed by atoms with E-state index in [0.717, 1.165) is 29.1 Å². The van der Waals surface area contributed by atoms with Crippen LogP contribution < -0.4 is 4.74 Å². The summed E-state index contributed by atoms with van der Waals surface area (Å²) in [5.74, 6) is -2.66. The van der Waals surface area contributed by atoms with E-state index in [1.54, 1.807) is 0 Å². The van der Waals surface area contributed by atoms with Crippen LogP contribution in [0.15, 0.2) is 42.7 Å². The molecule has 0 aliphatic rings. The molecule has 0 radical (unpaired) electrons. The van der Waals surface area contributed by atoms with Crippen LogP contribution in [0.2, 0.25) is 5.02 Å². The van der Waals surface area contributed by atoms with Crippen LogP contribution in [0.5, 0.6) is 5.75 Å². The lowest BCUT2D eigenvalue weighted by Gasteiger charge is -2.11. The van der Waals surface area contributed by atoms with Gasteiger partial charge in [0.05, 0.1) is 22.6 Å². The van der Waals surface area contributed by atoms with E-state index >= 15 is 0 Å². The molecular formula is C16H8ClF4N3O3. The Morgan fingerprint density at radius 3 is 2.56 bits per heavy atom. The van der Waals surface area contributed by atoms with Gasteiger partial charge >= 0.3 is 12.3 Å². The van der Waals surface area contributed by atoms with E-state index in [9.17, 15) is 27.5 Å². The molecule has 2 heterocycles. The number of aromatic nitrogens is 3. The second kappa shape index (κ2) is 6.88. The summed E-state index contributed by atoms with van der Waals surface area (Å²) in [6.07, 6.45) is -2.87. The van der Waals surface area contributed by atoms with Crippen LogP contribution in [-0.2, 0) is 0 Å². The van der Waals surface area contributed by atoms with E-state index in [4.69, 9.17) is 11.6 Å². The summed E-state index contributed by atoms with van der Waals surface area (Å²) in [7, 11) is 0. The van der Waals surface area contributed by atoms with E-state index in [1.165, 1.54) is 18.3 Å². The summed E-state index contributed by atoms with van der Waals surface area (Å²) in [6, 6.07) is 5.68. The molecule has 0 saturated heterocycles. The van der Waals surface area contributed by atoms with Gasteiger partial charge in [-0.2, -0.15) is 5.10 Å². The van der Waals surface area contributed by atoms with E-state index < -0.39 is 23.9 Å². The Morgan fingerprint density at radius 1 is 1.19 bits per heavy atom. The molecule has 27 heavy (non-hydrogen) atoms. The normalized spacial score (nSPS) is 11.4. The topological polar surface area (TPSA) is 77.2 Å². The van der Waals surface area contributed by atoms with Crippen LogP contribution in [0.1, 0.15) is 10.5 Å². The Morgan fingerprint density at radius 2 is 1.93 bits per heavy atom. The van der Waals surface area contributed by atoms with Crippen molar-refractivity contribution >= 4 is 17.6 Å². The number of alkyl halides is 3. The van der Waals surface area contributed by atoms with Crippen LogP contribution in [0, 0.1) is 5.82 Å². The highest BCUT2D eigenvalue weighted by atomic mass is 35.5. The van der Waals surface area contributed by atoms with Crippen molar-refractivity contribution in [1.29, 1.82) is 0 Å². The third-order valence-electron chi connectivity index (χ3n) is 3.32. The average molecular weight is 402 g/mol. The quantitative estimate of drug-likeness (QED) is 0.659. The Hall–Kier alpha value is -3.14. The summed E-state index contributed by atoms with van der Waals surface area (Å²) in [4.78, 5) is 14.9. The number of halogens is 5. The van der Waals surface area contributed by atoms with E-state index in [0.29, 0.717) is 0 Å². The molecule has 3 rings (SSSR count). The molecule has 3 aromatic rings. The molecule has 0 aliphatic heterocycles. The molecular weight excluding hydrogens is 394 g/mol. The number of benzene rings is 1. The third-order valence-corrected chi connectivity index (χ3v) is 3.61. The van der Waals surface area contributed by atoms with E-state index in [1.807, 2.05) is 0 Å². The van der Waals surface area contributed by atoms with Gasteiger partial charge in [0.25, 0.3) is 0 Å². The highest BCUT2D eigenvalue weighted by Crippen LogP contribution is 2.30. The van der Waals surface area contributed by atoms with Crippen molar-refractivity contribution in [1.82, 2.24) is 14.8 Å². The average Bonchev–Trinajstić information content (AvgIpc) is 3.02. The second-order valence-electron chi connectivity index (χ2n) is 5.19. The van der Waals surface area contributed by atoms with Gasteiger partial charge in [0, 0.05) is 11.8 Å². The molecule has 0 unspecified atom stereocenters. The van der Waals surface area contributed by atoms with Crippen molar-refractivity contribution in [3.63, 3.8) is 0 Å². The van der Waals surface area contributed by atoms with Crippen molar-refractivity contribution in [3.8, 4) is 22.7 Å². The second-order valence-corrected chi connectivity index (χ2v) is 5.59. The van der Waals surface area contributed by atoms with Gasteiger partial charge < -0.3 is 9.84 Å². The number of pyridine rings is 1. The molecule has 0 bridgehead atoms. The van der Waals surface area contributed by atoms with Crippen LogP contribution >= 0.6 is 11.6 Å². The van der Waals surface area contributed by atoms with Gasteiger partial charge in [-0.05, 0) is 30.3 Å². The summed E-state index contributed by atoms with van der Waals surface area (Å²) in [5, 5.41) is 12.8.